The maximum Gasteiger partial charge on any atom is 0.258 e. The van der Waals surface area contributed by atoms with E-state index in [0.717, 1.165) is 29.6 Å². The number of rotatable bonds is 7. The number of fused-ring (bicyclic) bond motifs is 1. The van der Waals surface area contributed by atoms with Gasteiger partial charge < -0.3 is 19.9 Å². The van der Waals surface area contributed by atoms with Crippen LogP contribution in [0.1, 0.15) is 62.1 Å². The number of thioether (sulfide) groups is 1. The molecule has 38 heavy (non-hydrogen) atoms. The van der Waals surface area contributed by atoms with Gasteiger partial charge in [0, 0.05) is 16.5 Å². The fraction of sp³-hybridized carbons (Fsp3) is 0.467. The molecule has 2 aromatic carbocycles. The van der Waals surface area contributed by atoms with E-state index in [1.165, 1.54) is 49.6 Å². The van der Waals surface area contributed by atoms with Crippen molar-refractivity contribution in [2.45, 2.75) is 57.4 Å². The van der Waals surface area contributed by atoms with Gasteiger partial charge in [0.25, 0.3) is 5.91 Å². The summed E-state index contributed by atoms with van der Waals surface area (Å²) in [5.74, 6) is 0.775. The van der Waals surface area contributed by atoms with Gasteiger partial charge in [-0.2, -0.15) is 0 Å². The molecule has 0 saturated carbocycles. The first-order valence-corrected chi connectivity index (χ1v) is 14.8. The molecule has 8 heteroatoms. The Hall–Kier alpha value is -2.48. The third-order valence-electron chi connectivity index (χ3n) is 7.93. The number of benzene rings is 2. The van der Waals surface area contributed by atoms with E-state index in [1.807, 2.05) is 37.5 Å². The summed E-state index contributed by atoms with van der Waals surface area (Å²) in [6, 6.07) is 14.3. The first-order chi connectivity index (χ1) is 18.3. The molecule has 1 aromatic heterocycles. The highest BCUT2D eigenvalue weighted by atomic mass is 35.5. The van der Waals surface area contributed by atoms with Gasteiger partial charge in [0.1, 0.15) is 16.8 Å². The summed E-state index contributed by atoms with van der Waals surface area (Å²) in [6.07, 6.45) is 7.75. The molecule has 6 nitrogen and oxygen atoms in total. The number of hydrogen-bond donors (Lipinski definition) is 1. The van der Waals surface area contributed by atoms with E-state index < -0.39 is 5.91 Å². The SMILES string of the molecule is CC(OC1=C(C(N)=O)SC(n2cnc3ccc(CC4CCCCN(C)CC4)cc32)C1C)c1ccccc1Cl. The molecule has 1 saturated heterocycles. The van der Waals surface area contributed by atoms with Gasteiger partial charge in [0.2, 0.25) is 0 Å². The third kappa shape index (κ3) is 5.75. The fourth-order valence-electron chi connectivity index (χ4n) is 5.73. The smallest absolute Gasteiger partial charge is 0.258 e. The molecule has 2 aliphatic rings. The second-order valence-corrected chi connectivity index (χ2v) is 12.3. The number of imidazole rings is 1. The highest BCUT2D eigenvalue weighted by Gasteiger charge is 2.39. The van der Waals surface area contributed by atoms with Crippen LogP contribution in [-0.2, 0) is 16.0 Å². The minimum Gasteiger partial charge on any atom is -0.489 e. The molecular weight excluding hydrogens is 516 g/mol. The van der Waals surface area contributed by atoms with Crippen LogP contribution in [0.25, 0.3) is 11.0 Å². The number of likely N-dealkylation sites (tertiary alicyclic amines) is 1. The number of amides is 1. The van der Waals surface area contributed by atoms with Crippen molar-refractivity contribution in [2.75, 3.05) is 20.1 Å². The average Bonchev–Trinajstić information content (AvgIpc) is 3.44. The molecule has 2 aliphatic heterocycles. The summed E-state index contributed by atoms with van der Waals surface area (Å²) in [4.78, 5) is 20.1. The summed E-state index contributed by atoms with van der Waals surface area (Å²) in [5.41, 5.74) is 10.1. The van der Waals surface area contributed by atoms with E-state index >= 15 is 0 Å². The van der Waals surface area contributed by atoms with Crippen molar-refractivity contribution in [1.82, 2.24) is 14.5 Å². The molecule has 0 radical (unpaired) electrons. The van der Waals surface area contributed by atoms with Crippen LogP contribution in [0.4, 0.5) is 0 Å². The number of nitrogens with zero attached hydrogens (tertiary/aromatic N) is 3. The summed E-state index contributed by atoms with van der Waals surface area (Å²) in [7, 11) is 2.23. The van der Waals surface area contributed by atoms with Crippen molar-refractivity contribution in [3.05, 3.63) is 75.6 Å². The van der Waals surface area contributed by atoms with E-state index in [0.29, 0.717) is 21.6 Å². The van der Waals surface area contributed by atoms with Crippen molar-refractivity contribution in [1.29, 1.82) is 0 Å². The molecular formula is C30H37ClN4O2S. The Morgan fingerprint density at radius 3 is 2.82 bits per heavy atom. The normalized spacial score (nSPS) is 23.8. The summed E-state index contributed by atoms with van der Waals surface area (Å²) >= 11 is 7.88. The number of nitrogens with two attached hydrogens (primary N) is 1. The van der Waals surface area contributed by atoms with Crippen LogP contribution in [0.3, 0.4) is 0 Å². The van der Waals surface area contributed by atoms with E-state index in [4.69, 9.17) is 22.1 Å². The zero-order valence-electron chi connectivity index (χ0n) is 22.4. The van der Waals surface area contributed by atoms with Gasteiger partial charge in [0.05, 0.1) is 22.7 Å². The average molecular weight is 553 g/mol. The predicted octanol–water partition coefficient (Wildman–Crippen LogP) is 6.71. The van der Waals surface area contributed by atoms with Crippen molar-refractivity contribution >= 4 is 40.3 Å². The Bertz CT molecular complexity index is 1340. The Balaban J connectivity index is 1.38. The fourth-order valence-corrected chi connectivity index (χ4v) is 7.33. The molecule has 1 amide bonds. The van der Waals surface area contributed by atoms with E-state index in [2.05, 4.69) is 46.6 Å². The van der Waals surface area contributed by atoms with Gasteiger partial charge >= 0.3 is 0 Å². The minimum atomic E-state index is -0.468. The van der Waals surface area contributed by atoms with E-state index in [1.54, 1.807) is 0 Å². The largest absolute Gasteiger partial charge is 0.489 e. The molecule has 3 aromatic rings. The number of ether oxygens (including phenoxy) is 1. The molecule has 4 atom stereocenters. The zero-order chi connectivity index (χ0) is 26.8. The number of aromatic nitrogens is 2. The maximum atomic E-state index is 12.5. The molecule has 0 bridgehead atoms. The number of carbonyl (C=O) groups is 1. The van der Waals surface area contributed by atoms with Crippen molar-refractivity contribution in [2.24, 2.45) is 17.6 Å². The Labute approximate surface area is 234 Å². The van der Waals surface area contributed by atoms with Gasteiger partial charge in [-0.15, -0.1) is 0 Å². The van der Waals surface area contributed by atoms with Gasteiger partial charge in [-0.1, -0.05) is 67.4 Å². The van der Waals surface area contributed by atoms with Crippen molar-refractivity contribution in [3.8, 4) is 0 Å². The maximum absolute atomic E-state index is 12.5. The molecule has 5 rings (SSSR count). The highest BCUT2D eigenvalue weighted by molar-refractivity contribution is 8.04. The standard InChI is InChI=1S/C30H37ClN4O2S/c1-19-27(37-20(2)23-9-4-5-10-24(23)31)28(29(32)36)38-30(19)35-18-33-25-12-11-22(17-26(25)35)16-21-8-6-7-14-34(3)15-13-21/h4-5,9-12,17-21,30H,6-8,13-16H2,1-3H3,(H2,32,36). The number of carbonyl (C=O) groups excluding carboxylic acids is 1. The first-order valence-electron chi connectivity index (χ1n) is 13.6. The van der Waals surface area contributed by atoms with Gasteiger partial charge in [-0.25, -0.2) is 4.98 Å². The molecule has 0 spiro atoms. The molecule has 1 fully saturated rings. The summed E-state index contributed by atoms with van der Waals surface area (Å²) < 4.78 is 8.58. The third-order valence-corrected chi connectivity index (χ3v) is 9.79. The quantitative estimate of drug-likeness (QED) is 0.352. The predicted molar refractivity (Wildman–Crippen MR) is 156 cm³/mol. The monoisotopic (exact) mass is 552 g/mol. The number of primary amides is 1. The van der Waals surface area contributed by atoms with Crippen LogP contribution < -0.4 is 5.73 Å². The van der Waals surface area contributed by atoms with Crippen LogP contribution >= 0.6 is 23.4 Å². The highest BCUT2D eigenvalue weighted by Crippen LogP contribution is 2.51. The lowest BCUT2D eigenvalue weighted by Crippen LogP contribution is -2.26. The molecule has 2 N–H and O–H groups in total. The van der Waals surface area contributed by atoms with Gasteiger partial charge in [-0.3, -0.25) is 4.79 Å². The number of allylic oxidation sites excluding steroid dienone is 1. The van der Waals surface area contributed by atoms with Crippen LogP contribution in [-0.4, -0.2) is 40.5 Å². The molecule has 0 aliphatic carbocycles. The number of hydrogen-bond acceptors (Lipinski definition) is 5. The Kier molecular flexibility index (Phi) is 8.36. The lowest BCUT2D eigenvalue weighted by Gasteiger charge is -2.25. The second kappa shape index (κ2) is 11.7. The van der Waals surface area contributed by atoms with Crippen LogP contribution in [0.2, 0.25) is 5.02 Å². The molecule has 202 valence electrons. The lowest BCUT2D eigenvalue weighted by molar-refractivity contribution is -0.114. The van der Waals surface area contributed by atoms with Crippen LogP contribution in [0, 0.1) is 11.8 Å². The van der Waals surface area contributed by atoms with Crippen LogP contribution in [0.5, 0.6) is 0 Å². The summed E-state index contributed by atoms with van der Waals surface area (Å²) in [5, 5.41) is 0.557. The van der Waals surface area contributed by atoms with Crippen LogP contribution in [0.15, 0.2) is 59.5 Å². The second-order valence-electron chi connectivity index (χ2n) is 10.8. The summed E-state index contributed by atoms with van der Waals surface area (Å²) in [6.45, 7) is 6.41. The van der Waals surface area contributed by atoms with E-state index in [9.17, 15) is 4.79 Å². The Morgan fingerprint density at radius 1 is 1.21 bits per heavy atom. The first kappa shape index (κ1) is 27.1. The van der Waals surface area contributed by atoms with Gasteiger partial charge in [-0.05, 0) is 76.0 Å². The molecule has 3 heterocycles. The number of halogens is 1. The van der Waals surface area contributed by atoms with E-state index in [-0.39, 0.29) is 17.4 Å². The minimum absolute atomic E-state index is 0.0744. The topological polar surface area (TPSA) is 73.4 Å². The van der Waals surface area contributed by atoms with Crippen molar-refractivity contribution in [3.63, 3.8) is 0 Å². The Morgan fingerprint density at radius 2 is 2.03 bits per heavy atom. The zero-order valence-corrected chi connectivity index (χ0v) is 24.0. The van der Waals surface area contributed by atoms with Gasteiger partial charge in [0.15, 0.2) is 0 Å². The van der Waals surface area contributed by atoms with Crippen molar-refractivity contribution < 1.29 is 9.53 Å². The lowest BCUT2D eigenvalue weighted by atomic mass is 9.90. The molecule has 4 unspecified atom stereocenters.